The molecule has 0 saturated carbocycles. The second-order valence-electron chi connectivity index (χ2n) is 10.4. The fourth-order valence-corrected chi connectivity index (χ4v) is 4.11. The average Bonchev–Trinajstić information content (AvgIpc) is 3.02. The van der Waals surface area contributed by atoms with Gasteiger partial charge in [-0.1, -0.05) is 99.1 Å². The van der Waals surface area contributed by atoms with Gasteiger partial charge in [0, 0.05) is 0 Å². The number of fused-ring (bicyclic) bond motifs is 1. The average molecular weight is 565 g/mol. The van der Waals surface area contributed by atoms with Gasteiger partial charge < -0.3 is 14.2 Å². The van der Waals surface area contributed by atoms with Crippen LogP contribution in [0.25, 0.3) is 10.8 Å². The zero-order chi connectivity index (χ0) is 30.9. The highest BCUT2D eigenvalue weighted by Gasteiger charge is 1.98. The Hall–Kier alpha value is -4.24. The predicted molar refractivity (Wildman–Crippen MR) is 181 cm³/mol. The summed E-state index contributed by atoms with van der Waals surface area (Å²) in [4.78, 5) is 0. The molecular weight excluding hydrogens is 516 g/mol. The van der Waals surface area contributed by atoms with Gasteiger partial charge in [-0.15, -0.1) is 0 Å². The fraction of sp³-hybridized carbons (Fsp3) is 0.282. The van der Waals surface area contributed by atoms with Gasteiger partial charge in [0.15, 0.2) is 0 Å². The van der Waals surface area contributed by atoms with E-state index in [2.05, 4.69) is 89.2 Å². The highest BCUT2D eigenvalue weighted by Crippen LogP contribution is 2.23. The Morgan fingerprint density at radius 3 is 1.64 bits per heavy atom. The summed E-state index contributed by atoms with van der Waals surface area (Å²) in [7, 11) is 5.04. The third kappa shape index (κ3) is 11.7. The number of hydrogen-bond acceptors (Lipinski definition) is 3. The van der Waals surface area contributed by atoms with Crippen LogP contribution in [0.3, 0.4) is 0 Å². The van der Waals surface area contributed by atoms with Crippen molar-refractivity contribution in [3.05, 3.63) is 137 Å². The normalized spacial score (nSPS) is 9.86. The van der Waals surface area contributed by atoms with Crippen molar-refractivity contribution in [3.8, 4) is 17.2 Å². The number of aryl methyl sites for hydroxylation is 4. The zero-order valence-corrected chi connectivity index (χ0v) is 26.9. The van der Waals surface area contributed by atoms with Crippen LogP contribution in [0, 0.1) is 20.8 Å². The summed E-state index contributed by atoms with van der Waals surface area (Å²) in [6.45, 7) is 12.9. The Bertz CT molecular complexity index is 1450. The molecule has 3 heteroatoms. The summed E-state index contributed by atoms with van der Waals surface area (Å²) in [5.41, 5.74) is 6.65. The van der Waals surface area contributed by atoms with Crippen molar-refractivity contribution < 1.29 is 14.2 Å². The van der Waals surface area contributed by atoms with Gasteiger partial charge in [0.25, 0.3) is 0 Å². The molecule has 5 aromatic carbocycles. The van der Waals surface area contributed by atoms with Gasteiger partial charge in [0.05, 0.1) is 21.3 Å². The molecule has 0 bridgehead atoms. The largest absolute Gasteiger partial charge is 0.497 e. The van der Waals surface area contributed by atoms with Crippen LogP contribution < -0.4 is 14.2 Å². The lowest BCUT2D eigenvalue weighted by Gasteiger charge is -2.04. The van der Waals surface area contributed by atoms with E-state index < -0.39 is 0 Å². The Kier molecular flexibility index (Phi) is 14.8. The molecule has 222 valence electrons. The quantitative estimate of drug-likeness (QED) is 0.212. The Morgan fingerprint density at radius 2 is 1.12 bits per heavy atom. The van der Waals surface area contributed by atoms with E-state index in [0.717, 1.165) is 23.7 Å². The summed E-state index contributed by atoms with van der Waals surface area (Å²) in [5.74, 6) is 3.41. The smallest absolute Gasteiger partial charge is 0.119 e. The van der Waals surface area contributed by atoms with E-state index in [9.17, 15) is 0 Å². The van der Waals surface area contributed by atoms with Gasteiger partial charge in [0.2, 0.25) is 0 Å². The van der Waals surface area contributed by atoms with E-state index in [0.29, 0.717) is 5.92 Å². The molecule has 0 spiro atoms. The number of hydrogen-bond donors (Lipinski definition) is 0. The first-order chi connectivity index (χ1) is 20.2. The van der Waals surface area contributed by atoms with Crippen LogP contribution in [0.1, 0.15) is 54.5 Å². The Morgan fingerprint density at radius 1 is 0.548 bits per heavy atom. The van der Waals surface area contributed by atoms with Crippen LogP contribution in [-0.4, -0.2) is 21.3 Å². The van der Waals surface area contributed by atoms with Crippen molar-refractivity contribution >= 4 is 10.8 Å². The summed E-state index contributed by atoms with van der Waals surface area (Å²) >= 11 is 0. The lowest BCUT2D eigenvalue weighted by atomic mass is 10.0. The Labute approximate surface area is 254 Å². The number of ether oxygens (including phenoxy) is 3. The molecule has 0 amide bonds. The molecule has 0 aliphatic heterocycles. The molecule has 42 heavy (non-hydrogen) atoms. The van der Waals surface area contributed by atoms with Gasteiger partial charge >= 0.3 is 0 Å². The molecule has 5 aromatic rings. The second-order valence-corrected chi connectivity index (χ2v) is 10.4. The molecule has 0 fully saturated rings. The van der Waals surface area contributed by atoms with E-state index in [4.69, 9.17) is 14.2 Å². The van der Waals surface area contributed by atoms with E-state index >= 15 is 0 Å². The molecule has 0 N–H and O–H groups in total. The summed E-state index contributed by atoms with van der Waals surface area (Å²) in [5, 5.41) is 2.53. The number of methoxy groups -OCH3 is 3. The Balaban J connectivity index is 0.000000198. The van der Waals surface area contributed by atoms with Gasteiger partial charge in [-0.25, -0.2) is 0 Å². The third-order valence-corrected chi connectivity index (χ3v) is 6.84. The summed E-state index contributed by atoms with van der Waals surface area (Å²) < 4.78 is 15.1. The van der Waals surface area contributed by atoms with E-state index in [-0.39, 0.29) is 0 Å². The van der Waals surface area contributed by atoms with Crippen molar-refractivity contribution in [3.63, 3.8) is 0 Å². The van der Waals surface area contributed by atoms with Crippen molar-refractivity contribution in [1.29, 1.82) is 0 Å². The molecule has 0 atom stereocenters. The molecule has 0 heterocycles. The fourth-order valence-electron chi connectivity index (χ4n) is 4.11. The van der Waals surface area contributed by atoms with Crippen LogP contribution in [0.15, 0.2) is 109 Å². The molecule has 0 aliphatic carbocycles. The van der Waals surface area contributed by atoms with Crippen molar-refractivity contribution in [2.75, 3.05) is 21.3 Å². The van der Waals surface area contributed by atoms with Crippen LogP contribution in [-0.2, 0) is 6.42 Å². The minimum absolute atomic E-state index is 0.654. The maximum atomic E-state index is 5.16. The van der Waals surface area contributed by atoms with Crippen LogP contribution >= 0.6 is 0 Å². The lowest BCUT2D eigenvalue weighted by molar-refractivity contribution is 0.414. The molecular formula is C39H48O3. The molecule has 5 rings (SSSR count). The zero-order valence-electron chi connectivity index (χ0n) is 26.9. The molecule has 0 aromatic heterocycles. The number of rotatable bonds is 5. The first kappa shape index (κ1) is 34.0. The first-order valence-corrected chi connectivity index (χ1v) is 14.5. The van der Waals surface area contributed by atoms with Crippen molar-refractivity contribution in [2.45, 2.75) is 53.9 Å². The van der Waals surface area contributed by atoms with Crippen LogP contribution in [0.2, 0.25) is 0 Å². The minimum Gasteiger partial charge on any atom is -0.497 e. The summed E-state index contributed by atoms with van der Waals surface area (Å²) in [6.07, 6.45) is 1.14. The second kappa shape index (κ2) is 18.2. The minimum atomic E-state index is 0.654. The molecule has 0 unspecified atom stereocenters. The molecule has 3 nitrogen and oxygen atoms in total. The third-order valence-electron chi connectivity index (χ3n) is 6.84. The monoisotopic (exact) mass is 564 g/mol. The van der Waals surface area contributed by atoms with Crippen LogP contribution in [0.4, 0.5) is 0 Å². The van der Waals surface area contributed by atoms with Gasteiger partial charge in [-0.3, -0.25) is 0 Å². The van der Waals surface area contributed by atoms with Gasteiger partial charge in [-0.05, 0) is 103 Å². The first-order valence-electron chi connectivity index (χ1n) is 14.5. The van der Waals surface area contributed by atoms with Gasteiger partial charge in [0.1, 0.15) is 17.2 Å². The maximum absolute atomic E-state index is 5.16. The van der Waals surface area contributed by atoms with Crippen molar-refractivity contribution in [2.24, 2.45) is 0 Å². The van der Waals surface area contributed by atoms with Crippen LogP contribution in [0.5, 0.6) is 17.2 Å². The topological polar surface area (TPSA) is 27.7 Å². The summed E-state index contributed by atoms with van der Waals surface area (Å²) in [6, 6.07) is 37.3. The molecule has 0 saturated heterocycles. The van der Waals surface area contributed by atoms with E-state index in [1.807, 2.05) is 61.5 Å². The standard InChI is InChI=1S/C12H12O.C11H16.2C8H10O/c1-9-4-3-5-10-8-11(13-2)6-7-12(9)10;1-4-10-5-7-11(8-6-10)9(2)3;1-7-3-5-8(9-2)6-4-7;1-7-4-3-5-8(6-7)9-2/h3-8H,1-2H3;5-9H,4H2,1-3H3;2*3-6H,1-2H3. The maximum Gasteiger partial charge on any atom is 0.119 e. The van der Waals surface area contributed by atoms with Gasteiger partial charge in [-0.2, -0.15) is 0 Å². The highest BCUT2D eigenvalue weighted by atomic mass is 16.5. The number of benzene rings is 5. The molecule has 0 aliphatic rings. The van der Waals surface area contributed by atoms with Crippen molar-refractivity contribution in [1.82, 2.24) is 0 Å². The predicted octanol–water partition coefficient (Wildman–Crippen LogP) is 10.5. The molecule has 0 radical (unpaired) electrons. The lowest BCUT2D eigenvalue weighted by Crippen LogP contribution is -1.87. The van der Waals surface area contributed by atoms with E-state index in [1.54, 1.807) is 21.3 Å². The van der Waals surface area contributed by atoms with E-state index in [1.165, 1.54) is 38.6 Å². The SMILES string of the molecule is CCc1ccc(C(C)C)cc1.COc1ccc(C)cc1.COc1ccc2c(C)cccc2c1.COc1cccc(C)c1. The highest BCUT2D eigenvalue weighted by molar-refractivity contribution is 5.86.